The summed E-state index contributed by atoms with van der Waals surface area (Å²) in [5.74, 6) is 0. The largest absolute Gasteiger partial charge is 0.261 e. The molecule has 0 fully saturated rings. The smallest absolute Gasteiger partial charge is 0.0518 e. The van der Waals surface area contributed by atoms with Crippen molar-refractivity contribution in [1.29, 1.82) is 0 Å². The van der Waals surface area contributed by atoms with Crippen molar-refractivity contribution >= 4 is 5.57 Å². The summed E-state index contributed by atoms with van der Waals surface area (Å²) < 4.78 is 0. The molecule has 0 saturated heterocycles. The van der Waals surface area contributed by atoms with Crippen LogP contribution in [0.15, 0.2) is 73.4 Å². The van der Waals surface area contributed by atoms with Gasteiger partial charge in [0.2, 0.25) is 0 Å². The van der Waals surface area contributed by atoms with Crippen LogP contribution in [0.2, 0.25) is 0 Å². The molecule has 2 aromatic carbocycles. The van der Waals surface area contributed by atoms with Gasteiger partial charge in [-0.05, 0) is 51.3 Å². The normalized spacial score (nSPS) is 18.6. The van der Waals surface area contributed by atoms with Gasteiger partial charge in [-0.2, -0.15) is 0 Å². The number of fused-ring (bicyclic) bond motifs is 6. The van der Waals surface area contributed by atoms with E-state index in [0.29, 0.717) is 0 Å². The monoisotopic (exact) mass is 323 g/mol. The van der Waals surface area contributed by atoms with Crippen molar-refractivity contribution in [3.8, 4) is 11.1 Å². The fourth-order valence-electron chi connectivity index (χ4n) is 5.30. The Morgan fingerprint density at radius 2 is 1.36 bits per heavy atom. The topological polar surface area (TPSA) is 12.9 Å². The van der Waals surface area contributed by atoms with Crippen LogP contribution in [0, 0.1) is 5.41 Å². The maximum atomic E-state index is 4.67. The van der Waals surface area contributed by atoms with E-state index in [0.717, 1.165) is 6.42 Å². The Morgan fingerprint density at radius 1 is 0.800 bits per heavy atom. The average molecular weight is 323 g/mol. The Kier molecular flexibility index (Phi) is 2.75. The van der Waals surface area contributed by atoms with Crippen molar-refractivity contribution in [3.63, 3.8) is 0 Å². The number of nitrogens with zero attached hydrogens (tertiary/aromatic N) is 1. The number of allylic oxidation sites excluding steroid dienone is 1. The van der Waals surface area contributed by atoms with Crippen LogP contribution in [-0.4, -0.2) is 4.98 Å². The van der Waals surface area contributed by atoms with Crippen LogP contribution in [0.3, 0.4) is 0 Å². The standard InChI is InChI=1S/C24H21N/c1-16-17-11-8-14-25-22(17)15-23(2,3)24(16)20-12-6-4-9-18(20)19-10-5-7-13-21(19)24/h4-14H,1,15H2,2-3H3. The van der Waals surface area contributed by atoms with Crippen molar-refractivity contribution in [2.24, 2.45) is 5.41 Å². The first kappa shape index (κ1) is 14.7. The van der Waals surface area contributed by atoms with Gasteiger partial charge in [-0.25, -0.2) is 0 Å². The van der Waals surface area contributed by atoms with Crippen LogP contribution in [0.25, 0.3) is 16.7 Å². The van der Waals surface area contributed by atoms with Crippen molar-refractivity contribution in [3.05, 3.63) is 95.8 Å². The predicted octanol–water partition coefficient (Wildman–Crippen LogP) is 5.64. The highest BCUT2D eigenvalue weighted by atomic mass is 14.7. The van der Waals surface area contributed by atoms with Gasteiger partial charge in [0.05, 0.1) is 5.41 Å². The molecule has 1 heterocycles. The second-order valence-electron chi connectivity index (χ2n) is 7.88. The molecule has 122 valence electrons. The third-order valence-corrected chi connectivity index (χ3v) is 6.24. The van der Waals surface area contributed by atoms with Crippen molar-refractivity contribution in [2.45, 2.75) is 25.7 Å². The van der Waals surface area contributed by atoms with Crippen molar-refractivity contribution in [2.75, 3.05) is 0 Å². The van der Waals surface area contributed by atoms with E-state index in [-0.39, 0.29) is 10.8 Å². The maximum absolute atomic E-state index is 4.67. The molecule has 2 aliphatic rings. The molecule has 1 spiro atoms. The summed E-state index contributed by atoms with van der Waals surface area (Å²) in [6, 6.07) is 21.9. The number of pyridine rings is 1. The Morgan fingerprint density at radius 3 is 2.00 bits per heavy atom. The van der Waals surface area contributed by atoms with Gasteiger partial charge in [0.1, 0.15) is 0 Å². The van der Waals surface area contributed by atoms with E-state index in [9.17, 15) is 0 Å². The van der Waals surface area contributed by atoms with Gasteiger partial charge in [-0.3, -0.25) is 4.98 Å². The summed E-state index contributed by atoms with van der Waals surface area (Å²) in [5.41, 5.74) is 8.84. The molecule has 1 aromatic heterocycles. The van der Waals surface area contributed by atoms with Gasteiger partial charge >= 0.3 is 0 Å². The molecule has 0 atom stereocenters. The molecule has 2 aliphatic carbocycles. The van der Waals surface area contributed by atoms with Crippen LogP contribution in [-0.2, 0) is 11.8 Å². The zero-order chi connectivity index (χ0) is 17.2. The molecule has 0 aliphatic heterocycles. The molecule has 1 nitrogen and oxygen atoms in total. The highest BCUT2D eigenvalue weighted by Gasteiger charge is 2.57. The van der Waals surface area contributed by atoms with Gasteiger partial charge < -0.3 is 0 Å². The summed E-state index contributed by atoms with van der Waals surface area (Å²) >= 11 is 0. The lowest BCUT2D eigenvalue weighted by molar-refractivity contribution is 0.248. The number of benzene rings is 2. The second-order valence-corrected chi connectivity index (χ2v) is 7.88. The van der Waals surface area contributed by atoms with E-state index in [4.69, 9.17) is 0 Å². The fourth-order valence-corrected chi connectivity index (χ4v) is 5.30. The highest BCUT2D eigenvalue weighted by Crippen LogP contribution is 2.65. The lowest BCUT2D eigenvalue weighted by Gasteiger charge is -2.51. The second kappa shape index (κ2) is 4.70. The SMILES string of the molecule is C=C1c2cccnc2CC(C)(C)C12c1ccccc1-c1ccccc12. The molecule has 3 aromatic rings. The minimum absolute atomic E-state index is 0.00581. The summed E-state index contributed by atoms with van der Waals surface area (Å²) in [5, 5.41) is 0. The van der Waals surface area contributed by atoms with Gasteiger partial charge in [-0.15, -0.1) is 0 Å². The lowest BCUT2D eigenvalue weighted by atomic mass is 9.51. The van der Waals surface area contributed by atoms with Gasteiger partial charge in [-0.1, -0.05) is 75.0 Å². The molecular weight excluding hydrogens is 302 g/mol. The molecule has 0 saturated carbocycles. The zero-order valence-electron chi connectivity index (χ0n) is 14.7. The molecule has 25 heavy (non-hydrogen) atoms. The summed E-state index contributed by atoms with van der Waals surface area (Å²) in [6.45, 7) is 9.38. The molecule has 0 radical (unpaired) electrons. The average Bonchev–Trinajstić information content (AvgIpc) is 2.92. The summed E-state index contributed by atoms with van der Waals surface area (Å²) in [4.78, 5) is 4.67. The molecule has 0 bridgehead atoms. The first-order chi connectivity index (χ1) is 12.1. The quantitative estimate of drug-likeness (QED) is 0.521. The molecular formula is C24H21N. The molecule has 0 unspecified atom stereocenters. The number of hydrogen-bond acceptors (Lipinski definition) is 1. The van der Waals surface area contributed by atoms with E-state index >= 15 is 0 Å². The summed E-state index contributed by atoms with van der Waals surface area (Å²) in [6.07, 6.45) is 2.85. The molecule has 5 rings (SSSR count). The number of hydrogen-bond donors (Lipinski definition) is 0. The van der Waals surface area contributed by atoms with Gasteiger partial charge in [0.25, 0.3) is 0 Å². The molecule has 0 amide bonds. The first-order valence-corrected chi connectivity index (χ1v) is 8.90. The van der Waals surface area contributed by atoms with E-state index < -0.39 is 0 Å². The van der Waals surface area contributed by atoms with Crippen LogP contribution < -0.4 is 0 Å². The zero-order valence-corrected chi connectivity index (χ0v) is 14.7. The van der Waals surface area contributed by atoms with Crippen LogP contribution in [0.1, 0.15) is 36.2 Å². The minimum atomic E-state index is -0.198. The molecule has 1 heteroatoms. The number of aromatic nitrogens is 1. The third-order valence-electron chi connectivity index (χ3n) is 6.24. The van der Waals surface area contributed by atoms with E-state index in [1.807, 2.05) is 12.3 Å². The highest BCUT2D eigenvalue weighted by molar-refractivity contribution is 5.93. The first-order valence-electron chi connectivity index (χ1n) is 8.90. The third kappa shape index (κ3) is 1.61. The fraction of sp³-hybridized carbons (Fsp3) is 0.208. The van der Waals surface area contributed by atoms with E-state index in [2.05, 4.69) is 80.0 Å². The minimum Gasteiger partial charge on any atom is -0.261 e. The maximum Gasteiger partial charge on any atom is 0.0518 e. The van der Waals surface area contributed by atoms with Gasteiger partial charge in [0.15, 0.2) is 0 Å². The lowest BCUT2D eigenvalue weighted by Crippen LogP contribution is -2.47. The van der Waals surface area contributed by atoms with Crippen LogP contribution in [0.5, 0.6) is 0 Å². The van der Waals surface area contributed by atoms with Gasteiger partial charge in [0, 0.05) is 11.9 Å². The number of rotatable bonds is 0. The predicted molar refractivity (Wildman–Crippen MR) is 103 cm³/mol. The van der Waals surface area contributed by atoms with Crippen molar-refractivity contribution in [1.82, 2.24) is 4.98 Å². The Hall–Kier alpha value is -2.67. The van der Waals surface area contributed by atoms with Crippen LogP contribution >= 0.6 is 0 Å². The Balaban J connectivity index is 1.94. The Labute approximate surface area is 149 Å². The van der Waals surface area contributed by atoms with E-state index in [1.165, 1.54) is 39.1 Å². The van der Waals surface area contributed by atoms with Crippen LogP contribution in [0.4, 0.5) is 0 Å². The Bertz CT molecular complexity index is 980. The summed E-state index contributed by atoms with van der Waals surface area (Å²) in [7, 11) is 0. The van der Waals surface area contributed by atoms with E-state index in [1.54, 1.807) is 0 Å². The molecule has 0 N–H and O–H groups in total. The van der Waals surface area contributed by atoms with Crippen molar-refractivity contribution < 1.29 is 0 Å².